The maximum atomic E-state index is 11.5. The van der Waals surface area contributed by atoms with Crippen molar-refractivity contribution < 1.29 is 14.6 Å². The fourth-order valence-electron chi connectivity index (χ4n) is 2.49. The minimum Gasteiger partial charge on any atom is -0.497 e. The highest BCUT2D eigenvalue weighted by atomic mass is 32.2. The number of hydrogen-bond donors (Lipinski definition) is 1. The van der Waals surface area contributed by atoms with Gasteiger partial charge in [-0.2, -0.15) is 4.68 Å². The zero-order valence-electron chi connectivity index (χ0n) is 14.5. The van der Waals surface area contributed by atoms with E-state index < -0.39 is 11.2 Å². The number of carbonyl (C=O) groups is 1. The van der Waals surface area contributed by atoms with Crippen LogP contribution >= 0.6 is 11.8 Å². The molecule has 0 saturated carbocycles. The van der Waals surface area contributed by atoms with Gasteiger partial charge in [-0.05, 0) is 18.6 Å². The molecule has 3 aromatic rings. The van der Waals surface area contributed by atoms with Crippen LogP contribution in [0.1, 0.15) is 26.2 Å². The van der Waals surface area contributed by atoms with Gasteiger partial charge in [-0.15, -0.1) is 5.10 Å². The lowest BCUT2D eigenvalue weighted by atomic mass is 10.2. The molecule has 0 bridgehead atoms. The summed E-state index contributed by atoms with van der Waals surface area (Å²) >= 11 is 1.19. The van der Waals surface area contributed by atoms with E-state index in [4.69, 9.17) is 4.74 Å². The number of ether oxygens (including phenoxy) is 1. The molecule has 0 fully saturated rings. The summed E-state index contributed by atoms with van der Waals surface area (Å²) in [4.78, 5) is 20.0. The summed E-state index contributed by atoms with van der Waals surface area (Å²) in [7, 11) is 1.60. The van der Waals surface area contributed by atoms with Crippen LogP contribution in [0.25, 0.3) is 16.9 Å². The van der Waals surface area contributed by atoms with Gasteiger partial charge in [0.2, 0.25) is 0 Å². The topological polar surface area (TPSA) is 103 Å². The Hall–Kier alpha value is -2.68. The Morgan fingerprint density at radius 3 is 2.96 bits per heavy atom. The number of rotatable bonds is 8. The first-order valence-corrected chi connectivity index (χ1v) is 9.12. The van der Waals surface area contributed by atoms with Crippen LogP contribution in [0.5, 0.6) is 5.75 Å². The maximum Gasteiger partial charge on any atom is 0.317 e. The Kier molecular flexibility index (Phi) is 5.67. The van der Waals surface area contributed by atoms with Gasteiger partial charge in [0.25, 0.3) is 0 Å². The molecule has 0 aliphatic carbocycles. The second kappa shape index (κ2) is 8.13. The minimum atomic E-state index is -0.851. The number of aliphatic carboxylic acids is 1. The van der Waals surface area contributed by atoms with Crippen molar-refractivity contribution >= 4 is 28.9 Å². The fraction of sp³-hybridized carbons (Fsp3) is 0.353. The molecule has 136 valence electrons. The van der Waals surface area contributed by atoms with E-state index in [1.54, 1.807) is 11.8 Å². The molecule has 1 N–H and O–H groups in total. The van der Waals surface area contributed by atoms with Gasteiger partial charge in [0.1, 0.15) is 22.4 Å². The van der Waals surface area contributed by atoms with Crippen molar-refractivity contribution in [1.82, 2.24) is 25.0 Å². The van der Waals surface area contributed by atoms with Crippen LogP contribution < -0.4 is 4.74 Å². The van der Waals surface area contributed by atoms with E-state index in [9.17, 15) is 9.90 Å². The molecular weight excluding hydrogens is 354 g/mol. The van der Waals surface area contributed by atoms with Crippen LogP contribution in [0.2, 0.25) is 0 Å². The smallest absolute Gasteiger partial charge is 0.317 e. The van der Waals surface area contributed by atoms with Crippen LogP contribution in [0, 0.1) is 0 Å². The zero-order valence-corrected chi connectivity index (χ0v) is 15.3. The van der Waals surface area contributed by atoms with Gasteiger partial charge >= 0.3 is 5.97 Å². The number of methoxy groups -OCH3 is 1. The molecule has 26 heavy (non-hydrogen) atoms. The van der Waals surface area contributed by atoms with E-state index in [0.717, 1.165) is 18.5 Å². The number of hydrogen-bond acceptors (Lipinski definition) is 7. The third kappa shape index (κ3) is 3.77. The van der Waals surface area contributed by atoms with Gasteiger partial charge in [0.05, 0.1) is 12.8 Å². The highest BCUT2D eigenvalue weighted by Gasteiger charge is 2.22. The lowest BCUT2D eigenvalue weighted by molar-refractivity contribution is -0.136. The summed E-state index contributed by atoms with van der Waals surface area (Å²) in [6.07, 6.45) is 3.76. The van der Waals surface area contributed by atoms with Crippen molar-refractivity contribution in [1.29, 1.82) is 0 Å². The van der Waals surface area contributed by atoms with Crippen LogP contribution in [0.3, 0.4) is 0 Å². The highest BCUT2D eigenvalue weighted by molar-refractivity contribution is 8.00. The Morgan fingerprint density at radius 2 is 2.23 bits per heavy atom. The molecule has 1 atom stereocenters. The minimum absolute atomic E-state index is 0.489. The average molecular weight is 373 g/mol. The van der Waals surface area contributed by atoms with Crippen molar-refractivity contribution in [3.05, 3.63) is 30.6 Å². The van der Waals surface area contributed by atoms with Crippen molar-refractivity contribution in [3.8, 4) is 11.4 Å². The van der Waals surface area contributed by atoms with Gasteiger partial charge in [0.15, 0.2) is 11.2 Å². The molecule has 0 saturated heterocycles. The first-order chi connectivity index (χ1) is 12.6. The molecule has 2 heterocycles. The van der Waals surface area contributed by atoms with Crippen LogP contribution in [-0.4, -0.2) is 48.4 Å². The molecule has 0 radical (unpaired) electrons. The normalized spacial score (nSPS) is 12.2. The molecular formula is C17H19N5O3S. The van der Waals surface area contributed by atoms with E-state index >= 15 is 0 Å². The molecule has 1 aromatic carbocycles. The number of unbranched alkanes of at least 4 members (excludes halogenated alkanes) is 1. The van der Waals surface area contributed by atoms with E-state index in [1.165, 1.54) is 18.1 Å². The summed E-state index contributed by atoms with van der Waals surface area (Å²) in [6, 6.07) is 7.38. The molecule has 0 aliphatic rings. The molecule has 0 aliphatic heterocycles. The number of thioether (sulfide) groups is 1. The molecule has 8 nitrogen and oxygen atoms in total. The van der Waals surface area contributed by atoms with E-state index in [0.29, 0.717) is 28.4 Å². The number of benzene rings is 1. The van der Waals surface area contributed by atoms with Crippen LogP contribution in [-0.2, 0) is 4.79 Å². The van der Waals surface area contributed by atoms with Gasteiger partial charge in [-0.1, -0.05) is 42.8 Å². The lowest BCUT2D eigenvalue weighted by Crippen LogP contribution is -2.16. The number of carboxylic acids is 1. The Bertz CT molecular complexity index is 914. The summed E-state index contributed by atoms with van der Waals surface area (Å²) in [6.45, 7) is 2.03. The zero-order chi connectivity index (χ0) is 18.5. The molecule has 0 unspecified atom stereocenters. The third-order valence-corrected chi connectivity index (χ3v) is 5.10. The summed E-state index contributed by atoms with van der Waals surface area (Å²) in [5.74, 6) is -0.157. The van der Waals surface area contributed by atoms with E-state index in [2.05, 4.69) is 20.3 Å². The Balaban J connectivity index is 1.96. The quantitative estimate of drug-likeness (QED) is 0.475. The highest BCUT2D eigenvalue weighted by Crippen LogP contribution is 2.30. The Morgan fingerprint density at radius 1 is 1.38 bits per heavy atom. The van der Waals surface area contributed by atoms with Crippen molar-refractivity contribution in [2.45, 2.75) is 36.5 Å². The monoisotopic (exact) mass is 373 g/mol. The maximum absolute atomic E-state index is 11.5. The van der Waals surface area contributed by atoms with Gasteiger partial charge in [-0.25, -0.2) is 9.97 Å². The summed E-state index contributed by atoms with van der Waals surface area (Å²) in [5, 5.41) is 17.7. The summed E-state index contributed by atoms with van der Waals surface area (Å²) < 4.78 is 6.83. The molecule has 0 spiro atoms. The fourth-order valence-corrected chi connectivity index (χ4v) is 3.49. The molecule has 9 heteroatoms. The van der Waals surface area contributed by atoms with Gasteiger partial charge < -0.3 is 9.84 Å². The van der Waals surface area contributed by atoms with Crippen molar-refractivity contribution in [2.24, 2.45) is 0 Å². The number of carboxylic acid groups (broad SMARTS) is 1. The van der Waals surface area contributed by atoms with Crippen LogP contribution in [0.15, 0.2) is 35.6 Å². The predicted molar refractivity (Wildman–Crippen MR) is 97.8 cm³/mol. The number of aromatic nitrogens is 5. The average Bonchev–Trinajstić information content (AvgIpc) is 3.10. The first-order valence-electron chi connectivity index (χ1n) is 8.24. The van der Waals surface area contributed by atoms with Crippen molar-refractivity contribution in [2.75, 3.05) is 7.11 Å². The van der Waals surface area contributed by atoms with E-state index in [-0.39, 0.29) is 0 Å². The molecule has 3 rings (SSSR count). The SMILES string of the molecule is CCCC[C@@H](Sc1ncnc2c1nnn2-c1cccc(OC)c1)C(=O)O. The number of nitrogens with zero attached hydrogens (tertiary/aromatic N) is 5. The van der Waals surface area contributed by atoms with Gasteiger partial charge in [0, 0.05) is 6.07 Å². The second-order valence-electron chi connectivity index (χ2n) is 5.64. The molecule has 0 amide bonds. The first kappa shape index (κ1) is 18.1. The number of fused-ring (bicyclic) bond motifs is 1. The largest absolute Gasteiger partial charge is 0.497 e. The van der Waals surface area contributed by atoms with E-state index in [1.807, 2.05) is 31.2 Å². The predicted octanol–water partition coefficient (Wildman–Crippen LogP) is 2.95. The standard InChI is InChI=1S/C17H19N5O3S/c1-3-4-8-13(17(23)24)26-16-14-15(18-10-19-16)22(21-20-14)11-6-5-7-12(9-11)25-2/h5-7,9-10,13H,3-4,8H2,1-2H3,(H,23,24)/t13-/m1/s1. The second-order valence-corrected chi connectivity index (χ2v) is 6.83. The van der Waals surface area contributed by atoms with Gasteiger partial charge in [-0.3, -0.25) is 4.79 Å². The Labute approximate surface area is 154 Å². The lowest BCUT2D eigenvalue weighted by Gasteiger charge is -2.10. The van der Waals surface area contributed by atoms with Crippen molar-refractivity contribution in [3.63, 3.8) is 0 Å². The van der Waals surface area contributed by atoms with Crippen LogP contribution in [0.4, 0.5) is 0 Å². The molecule has 2 aromatic heterocycles. The summed E-state index contributed by atoms with van der Waals surface area (Å²) in [5.41, 5.74) is 1.76. The third-order valence-electron chi connectivity index (χ3n) is 3.85.